The van der Waals surface area contributed by atoms with Gasteiger partial charge < -0.3 is 14.9 Å². The first-order valence-corrected chi connectivity index (χ1v) is 11.4. The van der Waals surface area contributed by atoms with Crippen molar-refractivity contribution in [1.29, 1.82) is 0 Å². The fourth-order valence-corrected chi connectivity index (χ4v) is 4.02. The van der Waals surface area contributed by atoms with Gasteiger partial charge in [0.05, 0.1) is 17.8 Å². The van der Waals surface area contributed by atoms with Crippen LogP contribution in [0.1, 0.15) is 64.2 Å². The summed E-state index contributed by atoms with van der Waals surface area (Å²) in [6, 6.07) is 22.6. The lowest BCUT2D eigenvalue weighted by atomic mass is 9.82. The van der Waals surface area contributed by atoms with Gasteiger partial charge in [0.15, 0.2) is 0 Å². The third-order valence-electron chi connectivity index (χ3n) is 6.40. The van der Waals surface area contributed by atoms with Gasteiger partial charge in [0.2, 0.25) is 0 Å². The summed E-state index contributed by atoms with van der Waals surface area (Å²) in [6.45, 7) is 9.62. The van der Waals surface area contributed by atoms with Crippen LogP contribution in [0.15, 0.2) is 72.8 Å². The smallest absolute Gasteiger partial charge is 0.338 e. The van der Waals surface area contributed by atoms with Gasteiger partial charge in [-0.15, -0.1) is 0 Å². The maximum Gasteiger partial charge on any atom is 0.338 e. The number of aryl methyl sites for hydroxylation is 3. The molecule has 0 spiro atoms. The molecular formula is C29H34O4. The second kappa shape index (κ2) is 10.8. The number of hydrogen-bond donors (Lipinski definition) is 2. The monoisotopic (exact) mass is 446 g/mol. The van der Waals surface area contributed by atoms with Crippen molar-refractivity contribution in [2.24, 2.45) is 11.8 Å². The maximum absolute atomic E-state index is 12.9. The van der Waals surface area contributed by atoms with Crippen LogP contribution in [-0.4, -0.2) is 22.3 Å². The Labute approximate surface area is 196 Å². The van der Waals surface area contributed by atoms with Gasteiger partial charge in [0.1, 0.15) is 6.10 Å². The van der Waals surface area contributed by atoms with E-state index in [1.807, 2.05) is 95.3 Å². The fourth-order valence-electron chi connectivity index (χ4n) is 4.02. The molecule has 0 saturated carbocycles. The van der Waals surface area contributed by atoms with Crippen molar-refractivity contribution in [2.45, 2.75) is 52.9 Å². The van der Waals surface area contributed by atoms with Gasteiger partial charge in [-0.05, 0) is 44.0 Å². The van der Waals surface area contributed by atoms with Crippen LogP contribution in [0.5, 0.6) is 0 Å². The quantitative estimate of drug-likeness (QED) is 0.424. The Kier molecular flexibility index (Phi) is 8.06. The zero-order valence-electron chi connectivity index (χ0n) is 20.0. The van der Waals surface area contributed by atoms with Gasteiger partial charge in [-0.1, -0.05) is 91.2 Å². The summed E-state index contributed by atoms with van der Waals surface area (Å²) in [5.74, 6) is -1.35. The molecule has 33 heavy (non-hydrogen) atoms. The molecule has 0 aromatic heterocycles. The minimum Gasteiger partial charge on any atom is -0.454 e. The van der Waals surface area contributed by atoms with Crippen LogP contribution < -0.4 is 0 Å². The van der Waals surface area contributed by atoms with Crippen LogP contribution in [-0.2, 0) is 4.74 Å². The van der Waals surface area contributed by atoms with E-state index in [1.165, 1.54) is 0 Å². The maximum atomic E-state index is 12.9. The Bertz CT molecular complexity index is 1040. The van der Waals surface area contributed by atoms with Crippen LogP contribution in [0.2, 0.25) is 0 Å². The van der Waals surface area contributed by atoms with Crippen molar-refractivity contribution in [3.8, 4) is 0 Å². The SMILES string of the molecule is Cc1ccc(C(=O)O[C@@H](c2ccc(C)cc2)[C@H](C)[C@H](O)[C@H](C)[C@H](O)c2ccc(C)cc2)cc1. The molecule has 0 aliphatic carbocycles. The highest BCUT2D eigenvalue weighted by Crippen LogP contribution is 2.36. The van der Waals surface area contributed by atoms with E-state index in [-0.39, 0.29) is 0 Å². The molecule has 174 valence electrons. The first kappa shape index (κ1) is 24.7. The zero-order chi connectivity index (χ0) is 24.1. The predicted octanol–water partition coefficient (Wildman–Crippen LogP) is 5.88. The summed E-state index contributed by atoms with van der Waals surface area (Å²) >= 11 is 0. The van der Waals surface area contributed by atoms with Crippen LogP contribution in [0.3, 0.4) is 0 Å². The molecule has 0 fully saturated rings. The van der Waals surface area contributed by atoms with Crippen LogP contribution in [0.25, 0.3) is 0 Å². The Morgan fingerprint density at radius 2 is 1.09 bits per heavy atom. The summed E-state index contributed by atoms with van der Waals surface area (Å²) in [7, 11) is 0. The van der Waals surface area contributed by atoms with Gasteiger partial charge in [-0.25, -0.2) is 4.79 Å². The highest BCUT2D eigenvalue weighted by molar-refractivity contribution is 5.89. The molecule has 2 N–H and O–H groups in total. The number of hydrogen-bond acceptors (Lipinski definition) is 4. The second-order valence-corrected chi connectivity index (χ2v) is 9.17. The molecule has 0 unspecified atom stereocenters. The lowest BCUT2D eigenvalue weighted by molar-refractivity contribution is -0.0552. The molecule has 0 amide bonds. The molecule has 0 bridgehead atoms. The molecule has 0 heterocycles. The second-order valence-electron chi connectivity index (χ2n) is 9.17. The molecule has 3 aromatic carbocycles. The van der Waals surface area contributed by atoms with E-state index in [4.69, 9.17) is 4.74 Å². The molecule has 4 heteroatoms. The normalized spacial score (nSPS) is 15.8. The predicted molar refractivity (Wildman–Crippen MR) is 131 cm³/mol. The third kappa shape index (κ3) is 6.10. The Morgan fingerprint density at radius 1 is 0.667 bits per heavy atom. The third-order valence-corrected chi connectivity index (χ3v) is 6.40. The molecule has 0 radical (unpaired) electrons. The molecule has 4 nitrogen and oxygen atoms in total. The average molecular weight is 447 g/mol. The first-order valence-electron chi connectivity index (χ1n) is 11.4. The van der Waals surface area contributed by atoms with Gasteiger partial charge >= 0.3 is 5.97 Å². The zero-order valence-corrected chi connectivity index (χ0v) is 20.0. The molecule has 0 aliphatic heterocycles. The number of esters is 1. The van der Waals surface area contributed by atoms with Crippen molar-refractivity contribution < 1.29 is 19.7 Å². The van der Waals surface area contributed by atoms with E-state index in [9.17, 15) is 15.0 Å². The number of carbonyl (C=O) groups excluding carboxylic acids is 1. The Balaban J connectivity index is 1.85. The van der Waals surface area contributed by atoms with E-state index in [0.717, 1.165) is 27.8 Å². The summed E-state index contributed by atoms with van der Waals surface area (Å²) in [5.41, 5.74) is 5.29. The summed E-state index contributed by atoms with van der Waals surface area (Å²) in [6.07, 6.45) is -2.41. The number of benzene rings is 3. The summed E-state index contributed by atoms with van der Waals surface area (Å²) < 4.78 is 5.96. The number of aliphatic hydroxyl groups is 2. The van der Waals surface area contributed by atoms with Crippen LogP contribution in [0, 0.1) is 32.6 Å². The van der Waals surface area contributed by atoms with Crippen LogP contribution >= 0.6 is 0 Å². The van der Waals surface area contributed by atoms with E-state index in [1.54, 1.807) is 12.1 Å². The van der Waals surface area contributed by atoms with Gasteiger partial charge in [0.25, 0.3) is 0 Å². The van der Waals surface area contributed by atoms with Gasteiger partial charge in [-0.2, -0.15) is 0 Å². The number of aliphatic hydroxyl groups excluding tert-OH is 2. The Hall–Kier alpha value is -2.95. The molecule has 0 aliphatic rings. The molecule has 3 rings (SSSR count). The largest absolute Gasteiger partial charge is 0.454 e. The average Bonchev–Trinajstić information content (AvgIpc) is 2.82. The lowest BCUT2D eigenvalue weighted by Crippen LogP contribution is -2.35. The van der Waals surface area contributed by atoms with Crippen molar-refractivity contribution in [1.82, 2.24) is 0 Å². The summed E-state index contributed by atoms with van der Waals surface area (Å²) in [4.78, 5) is 12.9. The van der Waals surface area contributed by atoms with Gasteiger partial charge in [-0.3, -0.25) is 0 Å². The van der Waals surface area contributed by atoms with E-state index >= 15 is 0 Å². The first-order chi connectivity index (χ1) is 15.7. The molecule has 5 atom stereocenters. The highest BCUT2D eigenvalue weighted by atomic mass is 16.5. The van der Waals surface area contributed by atoms with Gasteiger partial charge in [0, 0.05) is 11.8 Å². The molecule has 0 saturated heterocycles. The lowest BCUT2D eigenvalue weighted by Gasteiger charge is -2.33. The minimum atomic E-state index is -0.904. The number of ether oxygens (including phenoxy) is 1. The number of rotatable bonds is 8. The molecule has 3 aromatic rings. The van der Waals surface area contributed by atoms with E-state index in [0.29, 0.717) is 5.56 Å². The van der Waals surface area contributed by atoms with Crippen molar-refractivity contribution in [2.75, 3.05) is 0 Å². The number of carbonyl (C=O) groups is 1. The molecular weight excluding hydrogens is 412 g/mol. The highest BCUT2D eigenvalue weighted by Gasteiger charge is 2.35. The van der Waals surface area contributed by atoms with Crippen molar-refractivity contribution in [3.05, 3.63) is 106 Å². The van der Waals surface area contributed by atoms with Crippen molar-refractivity contribution in [3.63, 3.8) is 0 Å². The minimum absolute atomic E-state index is 0.439. The van der Waals surface area contributed by atoms with E-state index < -0.39 is 36.1 Å². The Morgan fingerprint density at radius 3 is 1.58 bits per heavy atom. The standard InChI is InChI=1S/C29H34O4/c1-18-6-12-23(13-7-18)27(31)21(4)26(30)22(5)28(24-14-8-19(2)9-15-24)33-29(32)25-16-10-20(3)11-17-25/h6-17,21-22,26-28,30-31H,1-5H3/t21-,22+,26+,27-,28+/m0/s1. The topological polar surface area (TPSA) is 66.8 Å². The fraction of sp³-hybridized carbons (Fsp3) is 0.345. The summed E-state index contributed by atoms with van der Waals surface area (Å²) in [5, 5.41) is 22.1. The van der Waals surface area contributed by atoms with E-state index in [2.05, 4.69) is 0 Å². The van der Waals surface area contributed by atoms with Crippen LogP contribution in [0.4, 0.5) is 0 Å². The van der Waals surface area contributed by atoms with Crippen molar-refractivity contribution >= 4 is 5.97 Å².